The minimum absolute atomic E-state index is 0.135. The summed E-state index contributed by atoms with van der Waals surface area (Å²) in [6.07, 6.45) is 1.68. The topological polar surface area (TPSA) is 17.1 Å². The van der Waals surface area contributed by atoms with Crippen LogP contribution >= 0.6 is 0 Å². The first-order valence-corrected chi connectivity index (χ1v) is 7.09. The molecule has 0 spiro atoms. The van der Waals surface area contributed by atoms with Gasteiger partial charge >= 0.3 is 0 Å². The van der Waals surface area contributed by atoms with Gasteiger partial charge in [0.1, 0.15) is 5.78 Å². The third-order valence-corrected chi connectivity index (χ3v) is 2.69. The number of rotatable bonds is 5. The van der Waals surface area contributed by atoms with Gasteiger partial charge in [0.15, 0.2) is 0 Å². The van der Waals surface area contributed by atoms with Crippen molar-refractivity contribution in [1.82, 2.24) is 0 Å². The molecule has 0 aliphatic heterocycles. The molecule has 0 fully saturated rings. The van der Waals surface area contributed by atoms with Gasteiger partial charge in [0, 0.05) is 12.3 Å². The van der Waals surface area contributed by atoms with Crippen molar-refractivity contribution < 1.29 is 4.79 Å². The summed E-state index contributed by atoms with van der Waals surface area (Å²) in [5.41, 5.74) is 2.49. The van der Waals surface area contributed by atoms with Gasteiger partial charge in [-0.05, 0) is 23.5 Å². The van der Waals surface area contributed by atoms with Crippen molar-refractivity contribution in [3.05, 3.63) is 35.4 Å². The van der Waals surface area contributed by atoms with E-state index in [2.05, 4.69) is 38.1 Å². The summed E-state index contributed by atoms with van der Waals surface area (Å²) < 4.78 is 0. The molecule has 0 aromatic heterocycles. The molecule has 0 saturated heterocycles. The molecule has 1 rings (SSSR count). The van der Waals surface area contributed by atoms with E-state index in [4.69, 9.17) is 0 Å². The SMILES string of the molecule is CC.CC(C)Cc1ccc(CC(=O)C(C)C)cc1. The van der Waals surface area contributed by atoms with Crippen LogP contribution in [0.5, 0.6) is 0 Å². The summed E-state index contributed by atoms with van der Waals surface area (Å²) in [4.78, 5) is 11.6. The first kappa shape index (κ1) is 16.9. The maximum absolute atomic E-state index is 11.6. The summed E-state index contributed by atoms with van der Waals surface area (Å²) >= 11 is 0. The van der Waals surface area contributed by atoms with E-state index < -0.39 is 0 Å². The molecule has 102 valence electrons. The molecule has 0 N–H and O–H groups in total. The van der Waals surface area contributed by atoms with Gasteiger partial charge in [0.05, 0.1) is 0 Å². The van der Waals surface area contributed by atoms with Gasteiger partial charge in [0.25, 0.3) is 0 Å². The number of ketones is 1. The molecule has 0 atom stereocenters. The molecular formula is C17H28O. The van der Waals surface area contributed by atoms with Crippen LogP contribution in [0.3, 0.4) is 0 Å². The van der Waals surface area contributed by atoms with E-state index in [1.807, 2.05) is 27.7 Å². The van der Waals surface area contributed by atoms with Crippen molar-refractivity contribution in [1.29, 1.82) is 0 Å². The summed E-state index contributed by atoms with van der Waals surface area (Å²) in [6, 6.07) is 8.45. The van der Waals surface area contributed by atoms with Gasteiger partial charge in [0.2, 0.25) is 0 Å². The smallest absolute Gasteiger partial charge is 0.139 e. The molecule has 1 heteroatoms. The van der Waals surface area contributed by atoms with Crippen LogP contribution in [0.4, 0.5) is 0 Å². The van der Waals surface area contributed by atoms with Crippen LogP contribution in [0.2, 0.25) is 0 Å². The van der Waals surface area contributed by atoms with E-state index in [1.165, 1.54) is 5.56 Å². The van der Waals surface area contributed by atoms with Crippen LogP contribution in [0, 0.1) is 11.8 Å². The Morgan fingerprint density at radius 1 is 0.944 bits per heavy atom. The summed E-state index contributed by atoms with van der Waals surface area (Å²) in [5.74, 6) is 1.13. The van der Waals surface area contributed by atoms with Crippen LogP contribution in [-0.4, -0.2) is 5.78 Å². The Labute approximate surface area is 113 Å². The maximum atomic E-state index is 11.6. The highest BCUT2D eigenvalue weighted by molar-refractivity contribution is 5.82. The quantitative estimate of drug-likeness (QED) is 0.739. The third kappa shape index (κ3) is 6.58. The lowest BCUT2D eigenvalue weighted by molar-refractivity contribution is -0.121. The molecular weight excluding hydrogens is 220 g/mol. The monoisotopic (exact) mass is 248 g/mol. The van der Waals surface area contributed by atoms with Gasteiger partial charge < -0.3 is 0 Å². The van der Waals surface area contributed by atoms with Crippen LogP contribution in [0.25, 0.3) is 0 Å². The molecule has 1 aromatic rings. The fraction of sp³-hybridized carbons (Fsp3) is 0.588. The second kappa shape index (κ2) is 8.91. The average molecular weight is 248 g/mol. The lowest BCUT2D eigenvalue weighted by Crippen LogP contribution is -2.10. The average Bonchev–Trinajstić information content (AvgIpc) is 2.33. The van der Waals surface area contributed by atoms with E-state index in [0.29, 0.717) is 18.1 Å². The van der Waals surface area contributed by atoms with Crippen molar-refractivity contribution in [2.45, 2.75) is 54.4 Å². The molecule has 0 aliphatic carbocycles. The highest BCUT2D eigenvalue weighted by atomic mass is 16.1. The summed E-state index contributed by atoms with van der Waals surface area (Å²) in [6.45, 7) is 12.3. The minimum Gasteiger partial charge on any atom is -0.299 e. The minimum atomic E-state index is 0.135. The molecule has 0 aliphatic rings. The predicted octanol–water partition coefficient (Wildman–Crippen LogP) is 4.68. The molecule has 18 heavy (non-hydrogen) atoms. The molecule has 0 heterocycles. The molecule has 0 amide bonds. The van der Waals surface area contributed by atoms with E-state index >= 15 is 0 Å². The first-order valence-electron chi connectivity index (χ1n) is 7.09. The van der Waals surface area contributed by atoms with Crippen molar-refractivity contribution in [2.75, 3.05) is 0 Å². The van der Waals surface area contributed by atoms with E-state index in [9.17, 15) is 4.79 Å². The lowest BCUT2D eigenvalue weighted by atomic mass is 9.98. The second-order valence-corrected chi connectivity index (χ2v) is 5.21. The van der Waals surface area contributed by atoms with Gasteiger partial charge in [-0.1, -0.05) is 65.8 Å². The normalized spacial score (nSPS) is 10.2. The first-order chi connectivity index (χ1) is 8.49. The number of Topliss-reactive ketones (excluding diaryl/α,β-unsaturated/α-hetero) is 1. The Kier molecular flexibility index (Phi) is 8.36. The van der Waals surface area contributed by atoms with Crippen LogP contribution < -0.4 is 0 Å². The Bertz CT molecular complexity index is 333. The molecule has 1 nitrogen and oxygen atoms in total. The zero-order valence-corrected chi connectivity index (χ0v) is 12.8. The number of hydrogen-bond acceptors (Lipinski definition) is 1. The summed E-state index contributed by atoms with van der Waals surface area (Å²) in [7, 11) is 0. The Balaban J connectivity index is 0.00000137. The van der Waals surface area contributed by atoms with E-state index in [0.717, 1.165) is 12.0 Å². The Morgan fingerprint density at radius 2 is 1.39 bits per heavy atom. The number of carbonyl (C=O) groups is 1. The summed E-state index contributed by atoms with van der Waals surface area (Å²) in [5, 5.41) is 0. The fourth-order valence-corrected chi connectivity index (χ4v) is 1.67. The molecule has 0 unspecified atom stereocenters. The molecule has 0 bridgehead atoms. The Morgan fingerprint density at radius 3 is 1.78 bits per heavy atom. The maximum Gasteiger partial charge on any atom is 0.139 e. The lowest BCUT2D eigenvalue weighted by Gasteiger charge is -2.07. The van der Waals surface area contributed by atoms with Gasteiger partial charge in [-0.15, -0.1) is 0 Å². The molecule has 1 aromatic carbocycles. The zero-order chi connectivity index (χ0) is 14.1. The van der Waals surface area contributed by atoms with Gasteiger partial charge in [-0.3, -0.25) is 4.79 Å². The van der Waals surface area contributed by atoms with Crippen molar-refractivity contribution in [3.63, 3.8) is 0 Å². The van der Waals surface area contributed by atoms with E-state index in [1.54, 1.807) is 0 Å². The number of benzene rings is 1. The van der Waals surface area contributed by atoms with Crippen LogP contribution in [0.1, 0.15) is 52.7 Å². The highest BCUT2D eigenvalue weighted by Crippen LogP contribution is 2.11. The Hall–Kier alpha value is -1.11. The second-order valence-electron chi connectivity index (χ2n) is 5.21. The highest BCUT2D eigenvalue weighted by Gasteiger charge is 2.08. The standard InChI is InChI=1S/C15H22O.C2H6/c1-11(2)9-13-5-7-14(8-6-13)10-15(16)12(3)4;1-2/h5-8,11-12H,9-10H2,1-4H3;1-2H3. The van der Waals surface area contributed by atoms with Crippen LogP contribution in [-0.2, 0) is 17.6 Å². The van der Waals surface area contributed by atoms with Crippen LogP contribution in [0.15, 0.2) is 24.3 Å². The molecule has 0 saturated carbocycles. The predicted molar refractivity (Wildman–Crippen MR) is 79.9 cm³/mol. The molecule has 0 radical (unpaired) electrons. The van der Waals surface area contributed by atoms with E-state index in [-0.39, 0.29) is 5.92 Å². The fourth-order valence-electron chi connectivity index (χ4n) is 1.67. The van der Waals surface area contributed by atoms with Gasteiger partial charge in [-0.2, -0.15) is 0 Å². The third-order valence-electron chi connectivity index (χ3n) is 2.69. The van der Waals surface area contributed by atoms with Crippen molar-refractivity contribution in [2.24, 2.45) is 11.8 Å². The zero-order valence-electron chi connectivity index (χ0n) is 12.8. The number of hydrogen-bond donors (Lipinski definition) is 0. The van der Waals surface area contributed by atoms with Gasteiger partial charge in [-0.25, -0.2) is 0 Å². The van der Waals surface area contributed by atoms with Crippen molar-refractivity contribution in [3.8, 4) is 0 Å². The largest absolute Gasteiger partial charge is 0.299 e. The number of carbonyl (C=O) groups excluding carboxylic acids is 1. The van der Waals surface area contributed by atoms with Crippen molar-refractivity contribution >= 4 is 5.78 Å².